The van der Waals surface area contributed by atoms with Gasteiger partial charge in [0.2, 0.25) is 12.3 Å². The van der Waals surface area contributed by atoms with Crippen LogP contribution in [0.5, 0.6) is 0 Å². The first kappa shape index (κ1) is 33.3. The summed E-state index contributed by atoms with van der Waals surface area (Å²) in [5.74, 6) is -1.51. The SMILES string of the molecule is CC(C)(C)[C@H](NC(=O)[C@H](CC1CCCC1)CN(O)C=O)C(=O)c1ccc(N2CCN(CCN3CCOCC3)CC2)c(F)c1. The summed E-state index contributed by atoms with van der Waals surface area (Å²) in [6, 6.07) is 3.69. The Hall–Kier alpha value is -2.60. The smallest absolute Gasteiger partial charge is 0.233 e. The van der Waals surface area contributed by atoms with Gasteiger partial charge < -0.3 is 15.0 Å². The fourth-order valence-corrected chi connectivity index (χ4v) is 6.52. The molecule has 0 spiro atoms. The topological polar surface area (TPSA) is 106 Å². The van der Waals surface area contributed by atoms with Gasteiger partial charge in [0.1, 0.15) is 5.82 Å². The van der Waals surface area contributed by atoms with E-state index >= 15 is 4.39 Å². The Kier molecular flexibility index (Phi) is 11.9. The van der Waals surface area contributed by atoms with Crippen LogP contribution in [0.15, 0.2) is 18.2 Å². The van der Waals surface area contributed by atoms with E-state index in [0.29, 0.717) is 36.2 Å². The zero-order valence-corrected chi connectivity index (χ0v) is 26.1. The number of amides is 2. The van der Waals surface area contributed by atoms with E-state index in [1.165, 1.54) is 6.07 Å². The van der Waals surface area contributed by atoms with Gasteiger partial charge in [0.25, 0.3) is 0 Å². The summed E-state index contributed by atoms with van der Waals surface area (Å²) < 4.78 is 20.9. The zero-order chi connectivity index (χ0) is 31.0. The minimum absolute atomic E-state index is 0.138. The van der Waals surface area contributed by atoms with Crippen LogP contribution in [-0.4, -0.2) is 116 Å². The van der Waals surface area contributed by atoms with Crippen LogP contribution in [0.4, 0.5) is 10.1 Å². The van der Waals surface area contributed by atoms with Gasteiger partial charge in [0.15, 0.2) is 5.78 Å². The van der Waals surface area contributed by atoms with E-state index in [9.17, 15) is 19.6 Å². The molecular formula is C32H50FN5O5. The predicted molar refractivity (Wildman–Crippen MR) is 163 cm³/mol. The van der Waals surface area contributed by atoms with Crippen molar-refractivity contribution in [3.63, 3.8) is 0 Å². The van der Waals surface area contributed by atoms with Crippen LogP contribution >= 0.6 is 0 Å². The van der Waals surface area contributed by atoms with E-state index in [0.717, 1.165) is 78.2 Å². The average molecular weight is 604 g/mol. The number of hydroxylamine groups is 2. The Bertz CT molecular complexity index is 1080. The van der Waals surface area contributed by atoms with Crippen LogP contribution in [0.1, 0.15) is 63.2 Å². The number of anilines is 1. The summed E-state index contributed by atoms with van der Waals surface area (Å²) in [5.41, 5.74) is 0.0323. The normalized spacial score (nSPS) is 20.5. The molecule has 2 saturated heterocycles. The minimum Gasteiger partial charge on any atom is -0.379 e. The number of ether oxygens (including phenoxy) is 1. The summed E-state index contributed by atoms with van der Waals surface area (Å²) in [6.45, 7) is 14.1. The Balaban J connectivity index is 1.38. The van der Waals surface area contributed by atoms with Gasteiger partial charge in [0.05, 0.1) is 37.4 Å². The molecule has 1 aromatic rings. The lowest BCUT2D eigenvalue weighted by Crippen LogP contribution is -2.52. The molecule has 0 aromatic heterocycles. The summed E-state index contributed by atoms with van der Waals surface area (Å²) in [4.78, 5) is 45.1. The highest BCUT2D eigenvalue weighted by molar-refractivity contribution is 6.03. The second-order valence-corrected chi connectivity index (χ2v) is 13.4. The number of nitrogens with zero attached hydrogens (tertiary/aromatic N) is 4. The molecule has 4 rings (SSSR count). The Morgan fingerprint density at radius 3 is 2.28 bits per heavy atom. The van der Waals surface area contributed by atoms with Crippen molar-refractivity contribution in [3.05, 3.63) is 29.6 Å². The van der Waals surface area contributed by atoms with Gasteiger partial charge in [0, 0.05) is 57.9 Å². The third-order valence-corrected chi connectivity index (χ3v) is 9.19. The van der Waals surface area contributed by atoms with Crippen LogP contribution in [-0.2, 0) is 14.3 Å². The van der Waals surface area contributed by atoms with E-state index in [1.54, 1.807) is 12.1 Å². The Morgan fingerprint density at radius 2 is 1.70 bits per heavy atom. The monoisotopic (exact) mass is 603 g/mol. The van der Waals surface area contributed by atoms with Gasteiger partial charge in [-0.3, -0.25) is 29.4 Å². The molecule has 10 nitrogen and oxygen atoms in total. The Labute approximate surface area is 255 Å². The lowest BCUT2D eigenvalue weighted by Gasteiger charge is -2.37. The third-order valence-electron chi connectivity index (χ3n) is 9.19. The summed E-state index contributed by atoms with van der Waals surface area (Å²) >= 11 is 0. The van der Waals surface area contributed by atoms with Crippen LogP contribution in [0.3, 0.4) is 0 Å². The second kappa shape index (κ2) is 15.4. The van der Waals surface area contributed by atoms with E-state index in [-0.39, 0.29) is 30.2 Å². The number of hydrogen-bond donors (Lipinski definition) is 2. The molecular weight excluding hydrogens is 553 g/mol. The molecule has 2 aliphatic heterocycles. The number of rotatable bonds is 13. The van der Waals surface area contributed by atoms with Crippen molar-refractivity contribution in [1.29, 1.82) is 0 Å². The van der Waals surface area contributed by atoms with Crippen molar-refractivity contribution in [2.24, 2.45) is 17.3 Å². The molecule has 43 heavy (non-hydrogen) atoms. The zero-order valence-electron chi connectivity index (χ0n) is 26.1. The van der Waals surface area contributed by atoms with Crippen molar-refractivity contribution in [2.75, 3.05) is 77.0 Å². The number of hydrogen-bond acceptors (Lipinski definition) is 8. The molecule has 1 saturated carbocycles. The highest BCUT2D eigenvalue weighted by atomic mass is 19.1. The first-order chi connectivity index (χ1) is 20.5. The molecule has 1 aromatic carbocycles. The quantitative estimate of drug-likeness (QED) is 0.154. The van der Waals surface area contributed by atoms with Crippen molar-refractivity contribution in [1.82, 2.24) is 20.2 Å². The molecule has 240 valence electrons. The van der Waals surface area contributed by atoms with Gasteiger partial charge in [-0.05, 0) is 36.0 Å². The summed E-state index contributed by atoms with van der Waals surface area (Å²) in [6.07, 6.45) is 5.04. The molecule has 11 heteroatoms. The van der Waals surface area contributed by atoms with Gasteiger partial charge in [-0.1, -0.05) is 46.5 Å². The number of carbonyl (C=O) groups is 3. The van der Waals surface area contributed by atoms with Gasteiger partial charge >= 0.3 is 0 Å². The van der Waals surface area contributed by atoms with E-state index in [2.05, 4.69) is 15.1 Å². The van der Waals surface area contributed by atoms with Crippen LogP contribution in [0, 0.1) is 23.1 Å². The molecule has 2 amide bonds. The molecule has 1 aliphatic carbocycles. The summed E-state index contributed by atoms with van der Waals surface area (Å²) in [7, 11) is 0. The predicted octanol–water partition coefficient (Wildman–Crippen LogP) is 3.04. The fourth-order valence-electron chi connectivity index (χ4n) is 6.52. The first-order valence-corrected chi connectivity index (χ1v) is 15.9. The van der Waals surface area contributed by atoms with E-state index in [1.807, 2.05) is 25.7 Å². The highest BCUT2D eigenvalue weighted by Gasteiger charge is 2.36. The van der Waals surface area contributed by atoms with Gasteiger partial charge in [-0.15, -0.1) is 0 Å². The van der Waals surface area contributed by atoms with Crippen LogP contribution < -0.4 is 10.2 Å². The third kappa shape index (κ3) is 9.44. The lowest BCUT2D eigenvalue weighted by molar-refractivity contribution is -0.155. The first-order valence-electron chi connectivity index (χ1n) is 15.9. The molecule has 2 atom stereocenters. The minimum atomic E-state index is -0.908. The molecule has 0 radical (unpaired) electrons. The van der Waals surface area contributed by atoms with Crippen molar-refractivity contribution < 1.29 is 28.7 Å². The standard InChI is InChI=1S/C32H50FN5O5/c1-32(2,3)30(34-31(41)26(22-38(42)23-39)20-24-6-4-5-7-24)29(40)25-8-9-28(27(33)21-25)37-14-12-35(13-15-37)10-11-36-16-18-43-19-17-36/h8-9,21,23-24,26,30,42H,4-7,10-20,22H2,1-3H3,(H,34,41)/t26-,30-/m1/s1. The van der Waals surface area contributed by atoms with Crippen molar-refractivity contribution in [2.45, 2.75) is 58.9 Å². The largest absolute Gasteiger partial charge is 0.379 e. The van der Waals surface area contributed by atoms with Gasteiger partial charge in [-0.2, -0.15) is 0 Å². The number of piperazine rings is 1. The fraction of sp³-hybridized carbons (Fsp3) is 0.719. The molecule has 3 aliphatic rings. The van der Waals surface area contributed by atoms with Gasteiger partial charge in [-0.25, -0.2) is 9.45 Å². The number of nitrogens with one attached hydrogen (secondary N) is 1. The summed E-state index contributed by atoms with van der Waals surface area (Å²) in [5, 5.41) is 13.3. The molecule has 0 unspecified atom stereocenters. The Morgan fingerprint density at radius 1 is 1.07 bits per heavy atom. The molecule has 3 fully saturated rings. The molecule has 2 N–H and O–H groups in total. The number of morpholine rings is 1. The highest BCUT2D eigenvalue weighted by Crippen LogP contribution is 2.32. The number of ketones is 1. The lowest BCUT2D eigenvalue weighted by atomic mass is 9.81. The van der Waals surface area contributed by atoms with E-state index in [4.69, 9.17) is 4.74 Å². The van der Waals surface area contributed by atoms with E-state index < -0.39 is 23.2 Å². The molecule has 0 bridgehead atoms. The number of Topliss-reactive ketones (excluding diaryl/α,β-unsaturated/α-hetero) is 1. The maximum absolute atomic E-state index is 15.5. The number of benzene rings is 1. The second-order valence-electron chi connectivity index (χ2n) is 13.4. The average Bonchev–Trinajstić information content (AvgIpc) is 3.51. The van der Waals surface area contributed by atoms with Crippen LogP contribution in [0.2, 0.25) is 0 Å². The maximum atomic E-state index is 15.5. The molecule has 2 heterocycles. The number of halogens is 1. The van der Waals surface area contributed by atoms with Crippen LogP contribution in [0.25, 0.3) is 0 Å². The van der Waals surface area contributed by atoms with Crippen molar-refractivity contribution in [3.8, 4) is 0 Å². The number of carbonyl (C=O) groups excluding carboxylic acids is 3. The maximum Gasteiger partial charge on any atom is 0.233 e. The van der Waals surface area contributed by atoms with Crippen molar-refractivity contribution >= 4 is 23.8 Å².